The minimum Gasteiger partial charge on any atom is -0.454 e. The summed E-state index contributed by atoms with van der Waals surface area (Å²) in [7, 11) is 0. The fraction of sp³-hybridized carbons (Fsp3) is 0.360. The number of rotatable bonds is 8. The molecule has 0 spiro atoms. The fourth-order valence-electron chi connectivity index (χ4n) is 3.69. The normalized spacial score (nSPS) is 12.6. The second-order valence-corrected chi connectivity index (χ2v) is 8.52. The van der Waals surface area contributed by atoms with Crippen molar-refractivity contribution in [2.75, 3.05) is 6.79 Å². The van der Waals surface area contributed by atoms with Gasteiger partial charge in [0.2, 0.25) is 12.7 Å². The average Bonchev–Trinajstić information content (AvgIpc) is 3.39. The van der Waals surface area contributed by atoms with E-state index >= 15 is 0 Å². The summed E-state index contributed by atoms with van der Waals surface area (Å²) < 4.78 is 16.6. The van der Waals surface area contributed by atoms with E-state index in [0.29, 0.717) is 24.7 Å². The molecular formula is C25H29N3O4. The van der Waals surface area contributed by atoms with Crippen LogP contribution in [0.5, 0.6) is 11.5 Å². The number of ether oxygens (including phenoxy) is 2. The molecule has 1 amide bonds. The van der Waals surface area contributed by atoms with Gasteiger partial charge >= 0.3 is 0 Å². The number of benzene rings is 2. The van der Waals surface area contributed by atoms with Gasteiger partial charge in [0.15, 0.2) is 17.2 Å². The van der Waals surface area contributed by atoms with Gasteiger partial charge in [-0.2, -0.15) is 0 Å². The number of hydrogen-bond donors (Lipinski definition) is 1. The lowest BCUT2D eigenvalue weighted by atomic mass is 10.0. The number of aromatic nitrogens is 1. The maximum absolute atomic E-state index is 12.3. The predicted molar refractivity (Wildman–Crippen MR) is 121 cm³/mol. The maximum atomic E-state index is 12.3. The van der Waals surface area contributed by atoms with Crippen molar-refractivity contribution in [2.45, 2.75) is 53.4 Å². The lowest BCUT2D eigenvalue weighted by Crippen LogP contribution is -2.30. The quantitative estimate of drug-likeness (QED) is 0.567. The second kappa shape index (κ2) is 9.44. The van der Waals surface area contributed by atoms with Crippen molar-refractivity contribution in [1.82, 2.24) is 15.2 Å². The summed E-state index contributed by atoms with van der Waals surface area (Å²) in [4.78, 5) is 18.9. The average molecular weight is 436 g/mol. The summed E-state index contributed by atoms with van der Waals surface area (Å²) >= 11 is 0. The van der Waals surface area contributed by atoms with Gasteiger partial charge in [0.1, 0.15) is 6.26 Å². The zero-order valence-electron chi connectivity index (χ0n) is 19.0. The number of hydrogen-bond acceptors (Lipinski definition) is 6. The van der Waals surface area contributed by atoms with E-state index in [2.05, 4.69) is 47.2 Å². The van der Waals surface area contributed by atoms with Crippen LogP contribution in [0.2, 0.25) is 0 Å². The summed E-state index contributed by atoms with van der Waals surface area (Å²) in [5.74, 6) is 1.80. The first-order valence-corrected chi connectivity index (χ1v) is 10.8. The van der Waals surface area contributed by atoms with E-state index in [4.69, 9.17) is 13.9 Å². The van der Waals surface area contributed by atoms with Gasteiger partial charge in [-0.15, -0.1) is 0 Å². The molecule has 168 valence electrons. The molecule has 32 heavy (non-hydrogen) atoms. The van der Waals surface area contributed by atoms with Crippen LogP contribution in [0.4, 0.5) is 0 Å². The molecule has 0 saturated carbocycles. The van der Waals surface area contributed by atoms with E-state index in [1.807, 2.05) is 32.0 Å². The summed E-state index contributed by atoms with van der Waals surface area (Å²) in [5.41, 5.74) is 5.09. The SMILES string of the molecule is Cc1ccc(C)c(CN(Cc2ccc3c(c2)OCO3)Cc2nc(C(=O)NC(C)C)co2)c1. The monoisotopic (exact) mass is 435 g/mol. The molecule has 2 heterocycles. The molecule has 0 bridgehead atoms. The number of carbonyl (C=O) groups excluding carboxylic acids is 1. The van der Waals surface area contributed by atoms with Crippen LogP contribution in [0, 0.1) is 13.8 Å². The molecule has 0 saturated heterocycles. The van der Waals surface area contributed by atoms with Crippen molar-refractivity contribution in [3.05, 3.63) is 76.5 Å². The van der Waals surface area contributed by atoms with Crippen LogP contribution in [0.25, 0.3) is 0 Å². The third kappa shape index (κ3) is 5.29. The Hall–Kier alpha value is -3.32. The molecule has 1 aromatic heterocycles. The summed E-state index contributed by atoms with van der Waals surface area (Å²) in [6.07, 6.45) is 1.42. The number of carbonyl (C=O) groups is 1. The van der Waals surface area contributed by atoms with E-state index in [0.717, 1.165) is 23.6 Å². The molecule has 2 aromatic carbocycles. The Bertz CT molecular complexity index is 1110. The molecule has 0 radical (unpaired) electrons. The molecule has 0 fully saturated rings. The fourth-order valence-corrected chi connectivity index (χ4v) is 3.69. The van der Waals surface area contributed by atoms with Crippen LogP contribution in [0.15, 0.2) is 47.1 Å². The largest absolute Gasteiger partial charge is 0.454 e. The van der Waals surface area contributed by atoms with Crippen molar-refractivity contribution in [1.29, 1.82) is 0 Å². The van der Waals surface area contributed by atoms with Gasteiger partial charge in [0.05, 0.1) is 6.54 Å². The van der Waals surface area contributed by atoms with Gasteiger partial charge in [-0.1, -0.05) is 29.8 Å². The molecule has 4 rings (SSSR count). The van der Waals surface area contributed by atoms with Crippen molar-refractivity contribution < 1.29 is 18.7 Å². The Morgan fingerprint density at radius 2 is 1.88 bits per heavy atom. The lowest BCUT2D eigenvalue weighted by molar-refractivity contribution is 0.0938. The highest BCUT2D eigenvalue weighted by Gasteiger charge is 2.19. The van der Waals surface area contributed by atoms with Crippen molar-refractivity contribution >= 4 is 5.91 Å². The number of nitrogens with zero attached hydrogens (tertiary/aromatic N) is 2. The zero-order chi connectivity index (χ0) is 22.7. The van der Waals surface area contributed by atoms with Gasteiger partial charge < -0.3 is 19.2 Å². The molecule has 7 nitrogen and oxygen atoms in total. The number of oxazole rings is 1. The van der Waals surface area contributed by atoms with Gasteiger partial charge in [0.25, 0.3) is 5.91 Å². The van der Waals surface area contributed by atoms with Crippen LogP contribution in [0.3, 0.4) is 0 Å². The summed E-state index contributed by atoms with van der Waals surface area (Å²) in [5, 5.41) is 2.84. The third-order valence-corrected chi connectivity index (χ3v) is 5.30. The second-order valence-electron chi connectivity index (χ2n) is 8.52. The molecule has 7 heteroatoms. The highest BCUT2D eigenvalue weighted by molar-refractivity contribution is 5.92. The van der Waals surface area contributed by atoms with Crippen LogP contribution in [-0.4, -0.2) is 28.6 Å². The van der Waals surface area contributed by atoms with E-state index < -0.39 is 0 Å². The molecule has 3 aromatic rings. The number of amides is 1. The van der Waals surface area contributed by atoms with E-state index in [-0.39, 0.29) is 18.7 Å². The maximum Gasteiger partial charge on any atom is 0.273 e. The number of nitrogens with one attached hydrogen (secondary N) is 1. The highest BCUT2D eigenvalue weighted by atomic mass is 16.7. The Morgan fingerprint density at radius 1 is 1.06 bits per heavy atom. The van der Waals surface area contributed by atoms with E-state index in [9.17, 15) is 4.79 Å². The molecule has 0 unspecified atom stereocenters. The molecule has 1 aliphatic heterocycles. The van der Waals surface area contributed by atoms with Crippen LogP contribution in [0.1, 0.15) is 52.5 Å². The molecule has 0 aliphatic carbocycles. The van der Waals surface area contributed by atoms with Crippen LogP contribution in [-0.2, 0) is 19.6 Å². The first-order chi connectivity index (χ1) is 15.4. The first kappa shape index (κ1) is 21.9. The Balaban J connectivity index is 1.55. The third-order valence-electron chi connectivity index (χ3n) is 5.30. The van der Waals surface area contributed by atoms with Gasteiger partial charge in [0, 0.05) is 19.1 Å². The van der Waals surface area contributed by atoms with Gasteiger partial charge in [-0.05, 0) is 56.5 Å². The van der Waals surface area contributed by atoms with Crippen molar-refractivity contribution in [2.24, 2.45) is 0 Å². The Morgan fingerprint density at radius 3 is 2.69 bits per heavy atom. The Labute approximate surface area is 188 Å². The van der Waals surface area contributed by atoms with Crippen LogP contribution >= 0.6 is 0 Å². The van der Waals surface area contributed by atoms with Crippen molar-refractivity contribution in [3.8, 4) is 11.5 Å². The highest BCUT2D eigenvalue weighted by Crippen LogP contribution is 2.33. The summed E-state index contributed by atoms with van der Waals surface area (Å²) in [6.45, 7) is 10.1. The standard InChI is InChI=1S/C25H29N3O4/c1-16(2)26-25(29)21-14-30-24(27-21)13-28(12-20-9-17(3)5-6-18(20)4)11-19-7-8-22-23(10-19)32-15-31-22/h5-10,14,16H,11-13,15H2,1-4H3,(H,26,29). The first-order valence-electron chi connectivity index (χ1n) is 10.8. The Kier molecular flexibility index (Phi) is 6.46. The van der Waals surface area contributed by atoms with E-state index in [1.165, 1.54) is 23.0 Å². The minimum absolute atomic E-state index is 0.0365. The van der Waals surface area contributed by atoms with Crippen LogP contribution < -0.4 is 14.8 Å². The minimum atomic E-state index is -0.230. The molecule has 0 atom stereocenters. The van der Waals surface area contributed by atoms with Crippen molar-refractivity contribution in [3.63, 3.8) is 0 Å². The lowest BCUT2D eigenvalue weighted by Gasteiger charge is -2.22. The smallest absolute Gasteiger partial charge is 0.273 e. The molecule has 1 N–H and O–H groups in total. The number of aryl methyl sites for hydroxylation is 2. The van der Waals surface area contributed by atoms with Gasteiger partial charge in [-0.25, -0.2) is 4.98 Å². The zero-order valence-corrected chi connectivity index (χ0v) is 19.0. The summed E-state index contributed by atoms with van der Waals surface area (Å²) in [6, 6.07) is 12.5. The topological polar surface area (TPSA) is 76.8 Å². The van der Waals surface area contributed by atoms with E-state index in [1.54, 1.807) is 0 Å². The predicted octanol–water partition coefficient (Wildman–Crippen LogP) is 4.36. The molecular weight excluding hydrogens is 406 g/mol. The molecule has 1 aliphatic rings. The van der Waals surface area contributed by atoms with Gasteiger partial charge in [-0.3, -0.25) is 9.69 Å². The number of fused-ring (bicyclic) bond motifs is 1.